The van der Waals surface area contributed by atoms with Crippen molar-refractivity contribution in [2.75, 3.05) is 0 Å². The first-order valence-corrected chi connectivity index (χ1v) is 8.61. The van der Waals surface area contributed by atoms with Crippen LogP contribution in [0.15, 0.2) is 64.2 Å². The number of rotatable bonds is 7. The van der Waals surface area contributed by atoms with Gasteiger partial charge in [0.25, 0.3) is 5.69 Å². The Morgan fingerprint density at radius 1 is 1.20 bits per heavy atom. The summed E-state index contributed by atoms with van der Waals surface area (Å²) in [5, 5.41) is 14.4. The molecule has 0 bridgehead atoms. The van der Waals surface area contributed by atoms with E-state index >= 15 is 0 Å². The molecule has 30 heavy (non-hydrogen) atoms. The molecule has 1 aromatic heterocycles. The molecular formula is C20H16FN3O6. The largest absolute Gasteiger partial charge is 0.486 e. The standard InChI is InChI=1S/C20H16FN3O6/c1-12-10-15(6-8-17(12)24(26)27)28-11-16-7-9-18(29-16)20(25)30-23-19(22)13-2-4-14(21)5-3-13/h2-10H,11H2,1H3,(H2,22,23). The molecule has 0 atom stereocenters. The summed E-state index contributed by atoms with van der Waals surface area (Å²) in [7, 11) is 0. The zero-order valence-corrected chi connectivity index (χ0v) is 15.7. The second kappa shape index (κ2) is 8.86. The second-order valence-corrected chi connectivity index (χ2v) is 6.12. The highest BCUT2D eigenvalue weighted by Crippen LogP contribution is 2.24. The van der Waals surface area contributed by atoms with Crippen molar-refractivity contribution in [1.82, 2.24) is 0 Å². The van der Waals surface area contributed by atoms with Crippen LogP contribution in [-0.2, 0) is 11.4 Å². The van der Waals surface area contributed by atoms with Crippen LogP contribution in [0.4, 0.5) is 10.1 Å². The minimum absolute atomic E-state index is 0.00842. The summed E-state index contributed by atoms with van der Waals surface area (Å²) in [5.41, 5.74) is 6.52. The number of nitro benzene ring substituents is 1. The Kier molecular flexibility index (Phi) is 6.06. The lowest BCUT2D eigenvalue weighted by Crippen LogP contribution is -2.15. The van der Waals surface area contributed by atoms with Crippen molar-refractivity contribution in [2.45, 2.75) is 13.5 Å². The molecule has 0 aliphatic heterocycles. The number of hydrogen-bond acceptors (Lipinski definition) is 7. The normalized spacial score (nSPS) is 11.2. The van der Waals surface area contributed by atoms with E-state index in [0.29, 0.717) is 22.6 Å². The number of carbonyl (C=O) groups is 1. The Balaban J connectivity index is 1.58. The van der Waals surface area contributed by atoms with Crippen molar-refractivity contribution in [1.29, 1.82) is 0 Å². The fraction of sp³-hybridized carbons (Fsp3) is 0.100. The van der Waals surface area contributed by atoms with Crippen LogP contribution in [0.2, 0.25) is 0 Å². The number of amidine groups is 1. The summed E-state index contributed by atoms with van der Waals surface area (Å²) in [4.78, 5) is 27.1. The molecule has 3 aromatic rings. The Labute approximate surface area is 169 Å². The van der Waals surface area contributed by atoms with Crippen molar-refractivity contribution in [3.8, 4) is 5.75 Å². The van der Waals surface area contributed by atoms with Crippen LogP contribution in [0.1, 0.15) is 27.4 Å². The molecule has 0 spiro atoms. The van der Waals surface area contributed by atoms with Crippen molar-refractivity contribution < 1.29 is 28.1 Å². The number of oxime groups is 1. The van der Waals surface area contributed by atoms with Gasteiger partial charge in [-0.1, -0.05) is 5.16 Å². The number of halogens is 1. The molecule has 10 heteroatoms. The lowest BCUT2D eigenvalue weighted by molar-refractivity contribution is -0.385. The second-order valence-electron chi connectivity index (χ2n) is 6.12. The van der Waals surface area contributed by atoms with Gasteiger partial charge in [-0.2, -0.15) is 0 Å². The van der Waals surface area contributed by atoms with Crippen molar-refractivity contribution in [2.24, 2.45) is 10.9 Å². The number of nitrogens with two attached hydrogens (primary N) is 1. The van der Waals surface area contributed by atoms with E-state index in [2.05, 4.69) is 5.16 Å². The molecule has 3 rings (SSSR count). The van der Waals surface area contributed by atoms with Gasteiger partial charge in [-0.3, -0.25) is 10.1 Å². The van der Waals surface area contributed by atoms with Crippen LogP contribution in [0.3, 0.4) is 0 Å². The molecule has 1 heterocycles. The van der Waals surface area contributed by atoms with Crippen LogP contribution < -0.4 is 10.5 Å². The molecule has 154 valence electrons. The number of benzene rings is 2. The predicted octanol–water partition coefficient (Wildman–Crippen LogP) is 3.69. The van der Waals surface area contributed by atoms with E-state index in [4.69, 9.17) is 19.7 Å². The highest BCUT2D eigenvalue weighted by molar-refractivity contribution is 5.97. The van der Waals surface area contributed by atoms with E-state index in [1.165, 1.54) is 54.6 Å². The third kappa shape index (κ3) is 4.98. The van der Waals surface area contributed by atoms with E-state index in [1.54, 1.807) is 6.92 Å². The van der Waals surface area contributed by atoms with Crippen molar-refractivity contribution >= 4 is 17.5 Å². The number of hydrogen-bond donors (Lipinski definition) is 1. The van der Waals surface area contributed by atoms with Crippen LogP contribution >= 0.6 is 0 Å². The third-order valence-corrected chi connectivity index (χ3v) is 3.98. The fourth-order valence-corrected chi connectivity index (χ4v) is 2.45. The first-order chi connectivity index (χ1) is 14.3. The monoisotopic (exact) mass is 413 g/mol. The summed E-state index contributed by atoms with van der Waals surface area (Å²) < 4.78 is 23.8. The molecule has 9 nitrogen and oxygen atoms in total. The minimum Gasteiger partial charge on any atom is -0.486 e. The smallest absolute Gasteiger partial charge is 0.400 e. The first kappa shape index (κ1) is 20.5. The topological polar surface area (TPSA) is 130 Å². The van der Waals surface area contributed by atoms with Crippen LogP contribution in [0.25, 0.3) is 0 Å². The summed E-state index contributed by atoms with van der Waals surface area (Å²) in [6, 6.07) is 12.4. The Morgan fingerprint density at radius 3 is 2.60 bits per heavy atom. The number of ether oxygens (including phenoxy) is 1. The molecule has 0 saturated carbocycles. The van der Waals surface area contributed by atoms with Gasteiger partial charge in [0.2, 0.25) is 5.76 Å². The molecular weight excluding hydrogens is 397 g/mol. The summed E-state index contributed by atoms with van der Waals surface area (Å²) in [6.45, 7) is 1.59. The molecule has 0 fully saturated rings. The Morgan fingerprint density at radius 2 is 1.93 bits per heavy atom. The lowest BCUT2D eigenvalue weighted by Gasteiger charge is -2.05. The Bertz CT molecular complexity index is 1110. The first-order valence-electron chi connectivity index (χ1n) is 8.61. The maximum atomic E-state index is 12.9. The fourth-order valence-electron chi connectivity index (χ4n) is 2.45. The highest BCUT2D eigenvalue weighted by atomic mass is 19.1. The molecule has 2 N–H and O–H groups in total. The molecule has 0 radical (unpaired) electrons. The van der Waals surface area contributed by atoms with Gasteiger partial charge in [0.05, 0.1) is 4.92 Å². The number of furan rings is 1. The van der Waals surface area contributed by atoms with E-state index in [9.17, 15) is 19.3 Å². The van der Waals surface area contributed by atoms with Crippen molar-refractivity contribution in [3.63, 3.8) is 0 Å². The Hall–Kier alpha value is -4.21. The zero-order valence-electron chi connectivity index (χ0n) is 15.7. The molecule has 2 aromatic carbocycles. The van der Waals surface area contributed by atoms with Crippen LogP contribution in [-0.4, -0.2) is 16.7 Å². The molecule has 0 aliphatic rings. The average molecular weight is 413 g/mol. The van der Waals surface area contributed by atoms with Gasteiger partial charge in [-0.25, -0.2) is 9.18 Å². The highest BCUT2D eigenvalue weighted by Gasteiger charge is 2.15. The number of nitro groups is 1. The summed E-state index contributed by atoms with van der Waals surface area (Å²) in [6.07, 6.45) is 0. The molecule has 0 aliphatic carbocycles. The van der Waals surface area contributed by atoms with Crippen molar-refractivity contribution in [3.05, 3.63) is 93.2 Å². The van der Waals surface area contributed by atoms with E-state index < -0.39 is 16.7 Å². The maximum Gasteiger partial charge on any atom is 0.400 e. The van der Waals surface area contributed by atoms with Gasteiger partial charge in [-0.05, 0) is 55.5 Å². The van der Waals surface area contributed by atoms with Gasteiger partial charge in [0, 0.05) is 17.2 Å². The molecule has 0 unspecified atom stereocenters. The molecule has 0 saturated heterocycles. The van der Waals surface area contributed by atoms with Crippen LogP contribution in [0.5, 0.6) is 5.75 Å². The van der Waals surface area contributed by atoms with Gasteiger partial charge in [0.1, 0.15) is 23.9 Å². The van der Waals surface area contributed by atoms with Crippen LogP contribution in [0, 0.1) is 22.9 Å². The minimum atomic E-state index is -0.877. The zero-order chi connectivity index (χ0) is 21.7. The average Bonchev–Trinajstić information content (AvgIpc) is 3.19. The van der Waals surface area contributed by atoms with Gasteiger partial charge in [0.15, 0.2) is 5.84 Å². The van der Waals surface area contributed by atoms with E-state index in [-0.39, 0.29) is 23.9 Å². The van der Waals surface area contributed by atoms with Gasteiger partial charge >= 0.3 is 5.97 Å². The lowest BCUT2D eigenvalue weighted by atomic mass is 10.2. The third-order valence-electron chi connectivity index (χ3n) is 3.98. The SMILES string of the molecule is Cc1cc(OCc2ccc(C(=O)O/N=C(\N)c3ccc(F)cc3)o2)ccc1[N+](=O)[O-]. The summed E-state index contributed by atoms with van der Waals surface area (Å²) in [5.74, 6) is -0.796. The predicted molar refractivity (Wildman–Crippen MR) is 103 cm³/mol. The van der Waals surface area contributed by atoms with E-state index in [0.717, 1.165) is 0 Å². The number of aryl methyl sites for hydroxylation is 1. The molecule has 0 amide bonds. The number of nitrogens with zero attached hydrogens (tertiary/aromatic N) is 2. The van der Waals surface area contributed by atoms with Gasteiger partial charge in [-0.15, -0.1) is 0 Å². The van der Waals surface area contributed by atoms with Gasteiger partial charge < -0.3 is 19.7 Å². The van der Waals surface area contributed by atoms with E-state index in [1.807, 2.05) is 0 Å². The quantitative estimate of drug-likeness (QED) is 0.205. The summed E-state index contributed by atoms with van der Waals surface area (Å²) >= 11 is 0. The maximum absolute atomic E-state index is 12.9. The number of carbonyl (C=O) groups excluding carboxylic acids is 1.